The zero-order valence-corrected chi connectivity index (χ0v) is 20.1. The number of primary amides is 1. The number of nitrogens with zero attached hydrogens (tertiary/aromatic N) is 2. The Morgan fingerprint density at radius 2 is 1.83 bits per heavy atom. The quantitative estimate of drug-likeness (QED) is 0.419. The molecule has 1 saturated carbocycles. The largest absolute Gasteiger partial charge is 0.369 e. The molecule has 1 aliphatic heterocycles. The molecule has 1 aromatic carbocycles. The fourth-order valence-electron chi connectivity index (χ4n) is 5.82. The zero-order chi connectivity index (χ0) is 25.1. The van der Waals surface area contributed by atoms with Crippen LogP contribution in [0.5, 0.6) is 0 Å². The molecule has 0 radical (unpaired) electrons. The van der Waals surface area contributed by atoms with Crippen molar-refractivity contribution in [2.24, 2.45) is 17.1 Å². The number of piperidine rings is 1. The van der Waals surface area contributed by atoms with Gasteiger partial charge in [0.1, 0.15) is 5.69 Å². The highest BCUT2D eigenvalue weighted by molar-refractivity contribution is 5.81. The molecule has 0 atom stereocenters. The number of carbonyl (C=O) groups is 1. The standard InChI is InChI=1S/C27H31FN6O2/c28-22-16-32-26(33-20-8-6-19(7-9-20)27(25(29)36)10-13-30-14-11-27)34-23(22)18-4-1-3-17(15-18)21-5-2-12-31-24(21)35/h1-5,12,15-16,19-20,30H,6-11,13-14H2,(H2,29,36)(H,31,35)(H,32,33,34). The number of aromatic nitrogens is 3. The van der Waals surface area contributed by atoms with Crippen molar-refractivity contribution >= 4 is 11.9 Å². The van der Waals surface area contributed by atoms with Gasteiger partial charge in [0.05, 0.1) is 11.6 Å². The third-order valence-corrected chi connectivity index (χ3v) is 7.84. The molecular weight excluding hydrogens is 459 g/mol. The average Bonchev–Trinajstić information content (AvgIpc) is 2.91. The first-order valence-corrected chi connectivity index (χ1v) is 12.5. The number of carbonyl (C=O) groups excluding carboxylic acids is 1. The van der Waals surface area contributed by atoms with Gasteiger partial charge in [-0.1, -0.05) is 18.2 Å². The van der Waals surface area contributed by atoms with Crippen molar-refractivity contribution in [2.75, 3.05) is 18.4 Å². The molecule has 36 heavy (non-hydrogen) atoms. The van der Waals surface area contributed by atoms with E-state index in [4.69, 9.17) is 5.73 Å². The smallest absolute Gasteiger partial charge is 0.255 e. The van der Waals surface area contributed by atoms with Gasteiger partial charge in [-0.3, -0.25) is 9.59 Å². The normalized spacial score (nSPS) is 21.6. The van der Waals surface area contributed by atoms with Gasteiger partial charge >= 0.3 is 0 Å². The van der Waals surface area contributed by atoms with Crippen molar-refractivity contribution < 1.29 is 9.18 Å². The molecule has 5 N–H and O–H groups in total. The van der Waals surface area contributed by atoms with Crippen LogP contribution in [0.15, 0.2) is 53.6 Å². The number of benzene rings is 1. The van der Waals surface area contributed by atoms with Crippen molar-refractivity contribution in [1.29, 1.82) is 0 Å². The maximum atomic E-state index is 14.8. The van der Waals surface area contributed by atoms with E-state index in [2.05, 4.69) is 25.6 Å². The molecule has 8 nitrogen and oxygen atoms in total. The van der Waals surface area contributed by atoms with E-state index in [1.807, 2.05) is 6.07 Å². The number of pyridine rings is 1. The molecule has 0 spiro atoms. The number of hydrogen-bond acceptors (Lipinski definition) is 6. The summed E-state index contributed by atoms with van der Waals surface area (Å²) in [6, 6.07) is 10.7. The molecule has 0 bridgehead atoms. The fourth-order valence-corrected chi connectivity index (χ4v) is 5.82. The van der Waals surface area contributed by atoms with Crippen LogP contribution in [0.3, 0.4) is 0 Å². The Bertz CT molecular complexity index is 1300. The van der Waals surface area contributed by atoms with Crippen LogP contribution in [-0.4, -0.2) is 40.0 Å². The van der Waals surface area contributed by atoms with E-state index >= 15 is 0 Å². The third-order valence-electron chi connectivity index (χ3n) is 7.84. The number of hydrogen-bond donors (Lipinski definition) is 4. The van der Waals surface area contributed by atoms with Gasteiger partial charge < -0.3 is 21.4 Å². The van der Waals surface area contributed by atoms with Gasteiger partial charge in [-0.2, -0.15) is 0 Å². The minimum Gasteiger partial charge on any atom is -0.369 e. The first-order chi connectivity index (χ1) is 17.5. The Balaban J connectivity index is 1.30. The predicted octanol–water partition coefficient (Wildman–Crippen LogP) is 3.46. The lowest BCUT2D eigenvalue weighted by Crippen LogP contribution is -2.51. The van der Waals surface area contributed by atoms with Crippen molar-refractivity contribution in [1.82, 2.24) is 20.3 Å². The highest BCUT2D eigenvalue weighted by atomic mass is 19.1. The van der Waals surface area contributed by atoms with Crippen molar-refractivity contribution in [3.05, 3.63) is 65.0 Å². The van der Waals surface area contributed by atoms with Gasteiger partial charge in [-0.05, 0) is 81.3 Å². The van der Waals surface area contributed by atoms with E-state index in [9.17, 15) is 14.0 Å². The topological polar surface area (TPSA) is 126 Å². The summed E-state index contributed by atoms with van der Waals surface area (Å²) in [5.41, 5.74) is 7.18. The zero-order valence-electron chi connectivity index (χ0n) is 20.1. The molecule has 2 fully saturated rings. The van der Waals surface area contributed by atoms with E-state index in [1.165, 1.54) is 6.20 Å². The summed E-state index contributed by atoms with van der Waals surface area (Å²) < 4.78 is 14.8. The molecule has 5 rings (SSSR count). The highest BCUT2D eigenvalue weighted by Crippen LogP contribution is 2.44. The Labute approximate surface area is 209 Å². The van der Waals surface area contributed by atoms with Crippen molar-refractivity contribution in [2.45, 2.75) is 44.6 Å². The Morgan fingerprint density at radius 1 is 1.08 bits per heavy atom. The molecule has 1 amide bonds. The maximum absolute atomic E-state index is 14.8. The van der Waals surface area contributed by atoms with Gasteiger partial charge in [0, 0.05) is 23.4 Å². The monoisotopic (exact) mass is 490 g/mol. The van der Waals surface area contributed by atoms with Crippen LogP contribution in [0, 0.1) is 17.2 Å². The third kappa shape index (κ3) is 4.75. The minimum atomic E-state index is -0.530. The summed E-state index contributed by atoms with van der Waals surface area (Å²) >= 11 is 0. The molecule has 3 aromatic rings. The second kappa shape index (κ2) is 10.2. The molecule has 3 heterocycles. The fraction of sp³-hybridized carbons (Fsp3) is 0.407. The Kier molecular flexibility index (Phi) is 6.82. The van der Waals surface area contributed by atoms with E-state index in [-0.39, 0.29) is 29.1 Å². The predicted molar refractivity (Wildman–Crippen MR) is 137 cm³/mol. The summed E-state index contributed by atoms with van der Waals surface area (Å²) in [5, 5.41) is 6.70. The summed E-state index contributed by atoms with van der Waals surface area (Å²) in [7, 11) is 0. The van der Waals surface area contributed by atoms with E-state index < -0.39 is 11.2 Å². The lowest BCUT2D eigenvalue weighted by molar-refractivity contribution is -0.134. The molecule has 188 valence electrons. The number of nitrogens with two attached hydrogens (primary N) is 1. The second-order valence-corrected chi connectivity index (χ2v) is 9.85. The minimum absolute atomic E-state index is 0.139. The highest BCUT2D eigenvalue weighted by Gasteiger charge is 2.45. The number of halogens is 1. The van der Waals surface area contributed by atoms with Crippen LogP contribution >= 0.6 is 0 Å². The van der Waals surface area contributed by atoms with Crippen LogP contribution in [0.25, 0.3) is 22.4 Å². The maximum Gasteiger partial charge on any atom is 0.255 e. The summed E-state index contributed by atoms with van der Waals surface area (Å²) in [6.45, 7) is 1.65. The lowest BCUT2D eigenvalue weighted by atomic mass is 9.63. The number of anilines is 1. The van der Waals surface area contributed by atoms with Crippen molar-refractivity contribution in [3.8, 4) is 22.4 Å². The molecule has 9 heteroatoms. The summed E-state index contributed by atoms with van der Waals surface area (Å²) in [6.07, 6.45) is 7.89. The number of H-pyrrole nitrogens is 1. The number of amides is 1. The SMILES string of the molecule is NC(=O)C1(C2CCC(Nc3ncc(F)c(-c4cccc(-c5ccc[nH]c5=O)c4)n3)CC2)CCNCC1. The van der Waals surface area contributed by atoms with Crippen molar-refractivity contribution in [3.63, 3.8) is 0 Å². The van der Waals surface area contributed by atoms with Gasteiger partial charge in [0.25, 0.3) is 5.56 Å². The second-order valence-electron chi connectivity index (χ2n) is 9.85. The Morgan fingerprint density at radius 3 is 2.56 bits per heavy atom. The first-order valence-electron chi connectivity index (χ1n) is 12.5. The Hall–Kier alpha value is -3.59. The lowest BCUT2D eigenvalue weighted by Gasteiger charge is -2.44. The van der Waals surface area contributed by atoms with Crippen LogP contribution < -0.4 is 21.9 Å². The number of rotatable bonds is 6. The molecule has 0 unspecified atom stereocenters. The molecule has 2 aliphatic rings. The van der Waals surface area contributed by atoms with E-state index in [0.717, 1.165) is 51.6 Å². The van der Waals surface area contributed by atoms with E-state index in [0.29, 0.717) is 22.6 Å². The van der Waals surface area contributed by atoms with Crippen LogP contribution in [0.2, 0.25) is 0 Å². The van der Waals surface area contributed by atoms with Gasteiger partial charge in [0.2, 0.25) is 11.9 Å². The summed E-state index contributed by atoms with van der Waals surface area (Å²) in [5.74, 6) is -0.0580. The number of nitrogens with one attached hydrogen (secondary N) is 3. The molecular formula is C27H31FN6O2. The van der Waals surface area contributed by atoms with Crippen LogP contribution in [0.4, 0.5) is 10.3 Å². The van der Waals surface area contributed by atoms with Crippen LogP contribution in [-0.2, 0) is 4.79 Å². The molecule has 2 aromatic heterocycles. The molecule has 1 aliphatic carbocycles. The first kappa shape index (κ1) is 24.1. The van der Waals surface area contributed by atoms with Gasteiger partial charge in [0.15, 0.2) is 5.82 Å². The van der Waals surface area contributed by atoms with E-state index in [1.54, 1.807) is 36.5 Å². The number of aromatic amines is 1. The molecule has 1 saturated heterocycles. The summed E-state index contributed by atoms with van der Waals surface area (Å²) in [4.78, 5) is 35.9. The van der Waals surface area contributed by atoms with Gasteiger partial charge in [-0.15, -0.1) is 0 Å². The van der Waals surface area contributed by atoms with Crippen LogP contribution in [0.1, 0.15) is 38.5 Å². The average molecular weight is 491 g/mol. The van der Waals surface area contributed by atoms with Gasteiger partial charge in [-0.25, -0.2) is 14.4 Å².